The Balaban J connectivity index is 1.80. The fourth-order valence-corrected chi connectivity index (χ4v) is 2.94. The molecule has 0 saturated carbocycles. The summed E-state index contributed by atoms with van der Waals surface area (Å²) in [5.74, 6) is -1.76. The second-order valence-electron chi connectivity index (χ2n) is 6.27. The Morgan fingerprint density at radius 3 is 2.43 bits per heavy atom. The molecule has 0 amide bonds. The van der Waals surface area contributed by atoms with Crippen molar-refractivity contribution in [1.82, 2.24) is 15.0 Å². The van der Waals surface area contributed by atoms with Gasteiger partial charge in [-0.2, -0.15) is 0 Å². The number of aryl methyl sites for hydroxylation is 1. The van der Waals surface area contributed by atoms with Crippen LogP contribution in [0.25, 0.3) is 11.0 Å². The Morgan fingerprint density at radius 1 is 1.07 bits per heavy atom. The van der Waals surface area contributed by atoms with Crippen molar-refractivity contribution in [2.45, 2.75) is 26.9 Å². The van der Waals surface area contributed by atoms with Gasteiger partial charge >= 0.3 is 11.9 Å². The third-order valence-corrected chi connectivity index (χ3v) is 4.38. The van der Waals surface area contributed by atoms with E-state index in [9.17, 15) is 14.4 Å². The standard InChI is InChI=1S/C20H19N3O5/c1-10-16(20(26)27-4)11(2)22-17(10)18(24)12(3)28-19(25)15-9-21-13-7-5-6-8-14(13)23-15/h5-9,12,22H,1-4H3/t12-/m1/s1. The van der Waals surface area contributed by atoms with Crippen molar-refractivity contribution in [2.24, 2.45) is 0 Å². The number of Topliss-reactive ketones (excluding diaryl/α,β-unsaturated/α-hetero) is 1. The first-order chi connectivity index (χ1) is 13.3. The predicted molar refractivity (Wildman–Crippen MR) is 100 cm³/mol. The van der Waals surface area contributed by atoms with E-state index in [1.807, 2.05) is 6.07 Å². The van der Waals surface area contributed by atoms with Crippen molar-refractivity contribution in [3.63, 3.8) is 0 Å². The molecule has 0 spiro atoms. The summed E-state index contributed by atoms with van der Waals surface area (Å²) < 4.78 is 10.0. The minimum atomic E-state index is -1.08. The molecule has 0 aliphatic heterocycles. The van der Waals surface area contributed by atoms with E-state index in [2.05, 4.69) is 15.0 Å². The molecule has 28 heavy (non-hydrogen) atoms. The van der Waals surface area contributed by atoms with E-state index in [0.717, 1.165) is 0 Å². The molecule has 1 atom stereocenters. The van der Waals surface area contributed by atoms with E-state index in [1.165, 1.54) is 20.2 Å². The molecule has 0 fully saturated rings. The fourth-order valence-electron chi connectivity index (χ4n) is 2.94. The maximum Gasteiger partial charge on any atom is 0.359 e. The van der Waals surface area contributed by atoms with Crippen LogP contribution in [0.2, 0.25) is 0 Å². The van der Waals surface area contributed by atoms with Crippen molar-refractivity contribution in [3.8, 4) is 0 Å². The molecular weight excluding hydrogens is 362 g/mol. The first-order valence-electron chi connectivity index (χ1n) is 8.58. The van der Waals surface area contributed by atoms with E-state index in [4.69, 9.17) is 9.47 Å². The van der Waals surface area contributed by atoms with Gasteiger partial charge in [-0.25, -0.2) is 14.6 Å². The summed E-state index contributed by atoms with van der Waals surface area (Å²) in [6.45, 7) is 4.76. The zero-order valence-corrected chi connectivity index (χ0v) is 15.9. The van der Waals surface area contributed by atoms with Crippen molar-refractivity contribution < 1.29 is 23.9 Å². The highest BCUT2D eigenvalue weighted by molar-refractivity contribution is 6.04. The van der Waals surface area contributed by atoms with Gasteiger partial charge in [-0.15, -0.1) is 0 Å². The summed E-state index contributed by atoms with van der Waals surface area (Å²) in [4.78, 5) is 48.2. The third kappa shape index (κ3) is 3.48. The Bertz CT molecular complexity index is 1090. The molecule has 0 aliphatic carbocycles. The SMILES string of the molecule is COC(=O)c1c(C)[nH]c(C(=O)[C@@H](C)OC(=O)c2cnc3ccccc3n2)c1C. The lowest BCUT2D eigenvalue weighted by Crippen LogP contribution is -2.26. The molecule has 1 aromatic carbocycles. The molecule has 0 radical (unpaired) electrons. The average molecular weight is 381 g/mol. The number of nitrogens with zero attached hydrogens (tertiary/aromatic N) is 2. The number of carbonyl (C=O) groups is 3. The van der Waals surface area contributed by atoms with Crippen LogP contribution in [-0.2, 0) is 9.47 Å². The number of nitrogens with one attached hydrogen (secondary N) is 1. The van der Waals surface area contributed by atoms with Crippen LogP contribution < -0.4 is 0 Å². The first kappa shape index (κ1) is 19.2. The second kappa shape index (κ2) is 7.59. The molecule has 8 heteroatoms. The number of ether oxygens (including phenoxy) is 2. The van der Waals surface area contributed by atoms with E-state index in [0.29, 0.717) is 27.9 Å². The van der Waals surface area contributed by atoms with Crippen LogP contribution in [0.3, 0.4) is 0 Å². The third-order valence-electron chi connectivity index (χ3n) is 4.38. The second-order valence-corrected chi connectivity index (χ2v) is 6.27. The number of aromatic amines is 1. The summed E-state index contributed by atoms with van der Waals surface area (Å²) in [7, 11) is 1.27. The van der Waals surface area contributed by atoms with Crippen molar-refractivity contribution in [2.75, 3.05) is 7.11 Å². The number of hydrogen-bond acceptors (Lipinski definition) is 7. The minimum Gasteiger partial charge on any atom is -0.465 e. The molecule has 8 nitrogen and oxygen atoms in total. The number of esters is 2. The molecule has 2 heterocycles. The molecule has 0 aliphatic rings. The van der Waals surface area contributed by atoms with Crippen LogP contribution in [0.15, 0.2) is 30.5 Å². The number of aromatic nitrogens is 3. The highest BCUT2D eigenvalue weighted by atomic mass is 16.5. The minimum absolute atomic E-state index is 0.00740. The Hall–Kier alpha value is -3.55. The Kier molecular flexibility index (Phi) is 5.21. The summed E-state index contributed by atoms with van der Waals surface area (Å²) in [5.41, 5.74) is 2.65. The number of fused-ring (bicyclic) bond motifs is 1. The molecule has 0 saturated heterocycles. The molecule has 144 valence electrons. The largest absolute Gasteiger partial charge is 0.465 e. The van der Waals surface area contributed by atoms with Crippen molar-refractivity contribution >= 4 is 28.8 Å². The number of methoxy groups -OCH3 is 1. The first-order valence-corrected chi connectivity index (χ1v) is 8.58. The quantitative estimate of drug-likeness (QED) is 0.534. The zero-order chi connectivity index (χ0) is 20.4. The number of ketones is 1. The van der Waals surface area contributed by atoms with Gasteiger partial charge in [0.25, 0.3) is 0 Å². The van der Waals surface area contributed by atoms with Gasteiger partial charge in [0.15, 0.2) is 11.8 Å². The molecular formula is C20H19N3O5. The molecule has 1 N–H and O–H groups in total. The Labute approximate surface area is 160 Å². The molecule has 0 unspecified atom stereocenters. The van der Waals surface area contributed by atoms with E-state index < -0.39 is 23.8 Å². The van der Waals surface area contributed by atoms with Crippen LogP contribution >= 0.6 is 0 Å². The number of H-pyrrole nitrogens is 1. The number of rotatable bonds is 5. The van der Waals surface area contributed by atoms with Gasteiger partial charge < -0.3 is 14.5 Å². The van der Waals surface area contributed by atoms with Crippen LogP contribution in [0.1, 0.15) is 49.5 Å². The number of carbonyl (C=O) groups excluding carboxylic acids is 3. The lowest BCUT2D eigenvalue weighted by atomic mass is 10.1. The summed E-state index contributed by atoms with van der Waals surface area (Å²) in [6.07, 6.45) is 0.226. The predicted octanol–water partition coefficient (Wildman–Crippen LogP) is 2.79. The number of para-hydroxylation sites is 2. The van der Waals surface area contributed by atoms with Gasteiger partial charge in [0.2, 0.25) is 5.78 Å². The molecule has 0 bridgehead atoms. The van der Waals surface area contributed by atoms with Gasteiger partial charge in [0.05, 0.1) is 35.6 Å². The molecule has 3 aromatic rings. The molecule has 2 aromatic heterocycles. The van der Waals surface area contributed by atoms with Gasteiger partial charge in [0.1, 0.15) is 0 Å². The van der Waals surface area contributed by atoms with Crippen molar-refractivity contribution in [3.05, 3.63) is 58.7 Å². The lowest BCUT2D eigenvalue weighted by Gasteiger charge is -2.12. The van der Waals surface area contributed by atoms with Crippen LogP contribution in [0.5, 0.6) is 0 Å². The Morgan fingerprint density at radius 2 is 1.75 bits per heavy atom. The van der Waals surface area contributed by atoms with Crippen LogP contribution in [0.4, 0.5) is 0 Å². The van der Waals surface area contributed by atoms with Crippen LogP contribution in [0, 0.1) is 13.8 Å². The smallest absolute Gasteiger partial charge is 0.359 e. The average Bonchev–Trinajstić information content (AvgIpc) is 3.00. The van der Waals surface area contributed by atoms with Gasteiger partial charge in [-0.1, -0.05) is 12.1 Å². The van der Waals surface area contributed by atoms with Crippen molar-refractivity contribution in [1.29, 1.82) is 0 Å². The van der Waals surface area contributed by atoms with Gasteiger partial charge in [0, 0.05) is 5.69 Å². The summed E-state index contributed by atoms with van der Waals surface area (Å²) >= 11 is 0. The van der Waals surface area contributed by atoms with E-state index >= 15 is 0 Å². The highest BCUT2D eigenvalue weighted by Gasteiger charge is 2.28. The van der Waals surface area contributed by atoms with Gasteiger partial charge in [-0.3, -0.25) is 9.78 Å². The zero-order valence-electron chi connectivity index (χ0n) is 15.9. The number of benzene rings is 1. The van der Waals surface area contributed by atoms with Gasteiger partial charge in [-0.05, 0) is 38.5 Å². The van der Waals surface area contributed by atoms with Crippen LogP contribution in [-0.4, -0.2) is 45.9 Å². The maximum atomic E-state index is 12.7. The lowest BCUT2D eigenvalue weighted by molar-refractivity contribution is 0.0311. The van der Waals surface area contributed by atoms with E-state index in [-0.39, 0.29) is 11.4 Å². The normalized spacial score (nSPS) is 11.9. The topological polar surface area (TPSA) is 111 Å². The fraction of sp³-hybridized carbons (Fsp3) is 0.250. The maximum absolute atomic E-state index is 12.7. The number of hydrogen-bond donors (Lipinski definition) is 1. The highest BCUT2D eigenvalue weighted by Crippen LogP contribution is 2.21. The summed E-state index contributed by atoms with van der Waals surface area (Å²) in [6, 6.07) is 7.11. The molecule has 3 rings (SSSR count). The summed E-state index contributed by atoms with van der Waals surface area (Å²) in [5, 5.41) is 0. The van der Waals surface area contributed by atoms with E-state index in [1.54, 1.807) is 32.0 Å². The monoisotopic (exact) mass is 381 g/mol.